The highest BCUT2D eigenvalue weighted by Gasteiger charge is 2.26. The highest BCUT2D eigenvalue weighted by atomic mass is 16.4. The van der Waals surface area contributed by atoms with E-state index in [-0.39, 0.29) is 0 Å². The van der Waals surface area contributed by atoms with Crippen molar-refractivity contribution in [1.29, 1.82) is 0 Å². The standard InChI is InChI=1S/C14H20N2O2/c1-4-16(8-11-5-6-11)12-7-9(2)15-10(3)13(12)14(17)18/h7,11H,4-6,8H2,1-3H3,(H,17,18). The molecule has 1 saturated carbocycles. The van der Waals surface area contributed by atoms with Crippen molar-refractivity contribution in [2.75, 3.05) is 18.0 Å². The summed E-state index contributed by atoms with van der Waals surface area (Å²) in [4.78, 5) is 17.8. The van der Waals surface area contributed by atoms with Crippen LogP contribution in [0, 0.1) is 19.8 Å². The highest BCUT2D eigenvalue weighted by Crippen LogP contribution is 2.33. The molecule has 0 aromatic carbocycles. The van der Waals surface area contributed by atoms with Crippen LogP contribution in [0.1, 0.15) is 41.5 Å². The number of hydrogen-bond donors (Lipinski definition) is 1. The molecule has 18 heavy (non-hydrogen) atoms. The van der Waals surface area contributed by atoms with E-state index in [9.17, 15) is 9.90 Å². The Hall–Kier alpha value is -1.58. The van der Waals surface area contributed by atoms with E-state index in [4.69, 9.17) is 0 Å². The second-order valence-corrected chi connectivity index (χ2v) is 5.03. The monoisotopic (exact) mass is 248 g/mol. The van der Waals surface area contributed by atoms with Crippen LogP contribution in [0.3, 0.4) is 0 Å². The van der Waals surface area contributed by atoms with E-state index in [1.165, 1.54) is 12.8 Å². The molecule has 0 aliphatic heterocycles. The van der Waals surface area contributed by atoms with Gasteiger partial charge in [0.25, 0.3) is 0 Å². The molecule has 98 valence electrons. The van der Waals surface area contributed by atoms with Crippen molar-refractivity contribution in [3.63, 3.8) is 0 Å². The van der Waals surface area contributed by atoms with Gasteiger partial charge in [-0.15, -0.1) is 0 Å². The predicted octanol–water partition coefficient (Wildman–Crippen LogP) is 2.63. The lowest BCUT2D eigenvalue weighted by atomic mass is 10.1. The van der Waals surface area contributed by atoms with Gasteiger partial charge in [-0.25, -0.2) is 4.79 Å². The fraction of sp³-hybridized carbons (Fsp3) is 0.571. The molecule has 1 aromatic rings. The summed E-state index contributed by atoms with van der Waals surface area (Å²) >= 11 is 0. The van der Waals surface area contributed by atoms with Crippen molar-refractivity contribution >= 4 is 11.7 Å². The third-order valence-corrected chi connectivity index (χ3v) is 3.42. The summed E-state index contributed by atoms with van der Waals surface area (Å²) in [7, 11) is 0. The Morgan fingerprint density at radius 2 is 2.17 bits per heavy atom. The third kappa shape index (κ3) is 2.63. The Morgan fingerprint density at radius 1 is 1.50 bits per heavy atom. The first-order valence-electron chi connectivity index (χ1n) is 6.49. The zero-order valence-corrected chi connectivity index (χ0v) is 11.2. The van der Waals surface area contributed by atoms with E-state index >= 15 is 0 Å². The van der Waals surface area contributed by atoms with Crippen LogP contribution in [0.25, 0.3) is 0 Å². The van der Waals surface area contributed by atoms with Crippen LogP contribution in [0.5, 0.6) is 0 Å². The molecule has 1 aliphatic rings. The van der Waals surface area contributed by atoms with Gasteiger partial charge in [0, 0.05) is 18.8 Å². The van der Waals surface area contributed by atoms with Crippen molar-refractivity contribution in [2.24, 2.45) is 5.92 Å². The van der Waals surface area contributed by atoms with Gasteiger partial charge in [-0.3, -0.25) is 4.98 Å². The van der Waals surface area contributed by atoms with E-state index in [2.05, 4.69) is 16.8 Å². The second-order valence-electron chi connectivity index (χ2n) is 5.03. The van der Waals surface area contributed by atoms with E-state index in [1.807, 2.05) is 13.0 Å². The average Bonchev–Trinajstić information content (AvgIpc) is 3.07. The van der Waals surface area contributed by atoms with Gasteiger partial charge in [-0.2, -0.15) is 0 Å². The number of aromatic carboxylic acids is 1. The Labute approximate surface area is 108 Å². The predicted molar refractivity (Wildman–Crippen MR) is 71.3 cm³/mol. The van der Waals surface area contributed by atoms with E-state index < -0.39 is 5.97 Å². The topological polar surface area (TPSA) is 53.4 Å². The summed E-state index contributed by atoms with van der Waals surface area (Å²) in [6, 6.07) is 1.89. The van der Waals surface area contributed by atoms with Gasteiger partial charge in [0.2, 0.25) is 0 Å². The van der Waals surface area contributed by atoms with Crippen LogP contribution >= 0.6 is 0 Å². The van der Waals surface area contributed by atoms with Gasteiger partial charge in [0.15, 0.2) is 0 Å². The molecule has 1 fully saturated rings. The Morgan fingerprint density at radius 3 is 2.67 bits per heavy atom. The molecular formula is C14H20N2O2. The number of carbonyl (C=O) groups is 1. The summed E-state index contributed by atoms with van der Waals surface area (Å²) in [5.74, 6) is -0.149. The first-order chi connectivity index (χ1) is 8.52. The van der Waals surface area contributed by atoms with Crippen molar-refractivity contribution in [3.8, 4) is 0 Å². The molecule has 0 spiro atoms. The average molecular weight is 248 g/mol. The molecule has 0 saturated heterocycles. The van der Waals surface area contributed by atoms with Crippen LogP contribution in [-0.2, 0) is 0 Å². The zero-order valence-electron chi connectivity index (χ0n) is 11.2. The number of hydrogen-bond acceptors (Lipinski definition) is 3. The van der Waals surface area contributed by atoms with Gasteiger partial charge in [0.1, 0.15) is 5.56 Å². The van der Waals surface area contributed by atoms with Crippen LogP contribution in [0.2, 0.25) is 0 Å². The van der Waals surface area contributed by atoms with E-state index in [1.54, 1.807) is 6.92 Å². The minimum Gasteiger partial charge on any atom is -0.478 e. The number of rotatable bonds is 5. The van der Waals surface area contributed by atoms with Crippen molar-refractivity contribution < 1.29 is 9.90 Å². The molecule has 0 radical (unpaired) electrons. The second kappa shape index (κ2) is 4.96. The normalized spacial score (nSPS) is 14.6. The Kier molecular flexibility index (Phi) is 3.55. The third-order valence-electron chi connectivity index (χ3n) is 3.42. The molecular weight excluding hydrogens is 228 g/mol. The summed E-state index contributed by atoms with van der Waals surface area (Å²) in [5.41, 5.74) is 2.65. The summed E-state index contributed by atoms with van der Waals surface area (Å²) < 4.78 is 0. The molecule has 1 heterocycles. The van der Waals surface area contributed by atoms with Crippen molar-refractivity contribution in [3.05, 3.63) is 23.0 Å². The first-order valence-corrected chi connectivity index (χ1v) is 6.49. The number of anilines is 1. The highest BCUT2D eigenvalue weighted by molar-refractivity contribution is 5.95. The number of carboxylic acids is 1. The smallest absolute Gasteiger partial charge is 0.339 e. The van der Waals surface area contributed by atoms with Crippen LogP contribution in [0.15, 0.2) is 6.07 Å². The van der Waals surface area contributed by atoms with Gasteiger partial charge in [-0.1, -0.05) is 0 Å². The quantitative estimate of drug-likeness (QED) is 0.870. The Balaban J connectivity index is 2.41. The maximum absolute atomic E-state index is 11.4. The van der Waals surface area contributed by atoms with E-state index in [0.29, 0.717) is 11.3 Å². The molecule has 4 heteroatoms. The van der Waals surface area contributed by atoms with Crippen molar-refractivity contribution in [1.82, 2.24) is 4.98 Å². The zero-order chi connectivity index (χ0) is 13.3. The molecule has 0 unspecified atom stereocenters. The number of aromatic nitrogens is 1. The Bertz CT molecular complexity index is 467. The summed E-state index contributed by atoms with van der Waals surface area (Å²) in [6.45, 7) is 7.54. The van der Waals surface area contributed by atoms with Gasteiger partial charge < -0.3 is 10.0 Å². The van der Waals surface area contributed by atoms with Gasteiger partial charge >= 0.3 is 5.97 Å². The van der Waals surface area contributed by atoms with Crippen LogP contribution in [0.4, 0.5) is 5.69 Å². The number of aryl methyl sites for hydroxylation is 2. The molecule has 2 rings (SSSR count). The number of carboxylic acid groups (broad SMARTS) is 1. The summed E-state index contributed by atoms with van der Waals surface area (Å²) in [5, 5.41) is 9.36. The minimum atomic E-state index is -0.885. The lowest BCUT2D eigenvalue weighted by Crippen LogP contribution is -2.28. The molecule has 0 bridgehead atoms. The number of pyridine rings is 1. The summed E-state index contributed by atoms with van der Waals surface area (Å²) in [6.07, 6.45) is 2.53. The van der Waals surface area contributed by atoms with E-state index in [0.717, 1.165) is 30.4 Å². The maximum atomic E-state index is 11.4. The lowest BCUT2D eigenvalue weighted by molar-refractivity contribution is 0.0696. The minimum absolute atomic E-state index is 0.350. The van der Waals surface area contributed by atoms with Crippen LogP contribution in [-0.4, -0.2) is 29.1 Å². The van der Waals surface area contributed by atoms with Gasteiger partial charge in [-0.05, 0) is 45.6 Å². The molecule has 1 N–H and O–H groups in total. The molecule has 0 amide bonds. The largest absolute Gasteiger partial charge is 0.478 e. The molecule has 4 nitrogen and oxygen atoms in total. The maximum Gasteiger partial charge on any atom is 0.339 e. The molecule has 1 aromatic heterocycles. The fourth-order valence-corrected chi connectivity index (χ4v) is 2.33. The lowest BCUT2D eigenvalue weighted by Gasteiger charge is -2.25. The first kappa shape index (κ1) is 12.9. The molecule has 1 aliphatic carbocycles. The fourth-order valence-electron chi connectivity index (χ4n) is 2.33. The van der Waals surface area contributed by atoms with Crippen LogP contribution < -0.4 is 4.90 Å². The van der Waals surface area contributed by atoms with Crippen molar-refractivity contribution in [2.45, 2.75) is 33.6 Å². The molecule has 0 atom stereocenters. The number of nitrogens with zero attached hydrogens (tertiary/aromatic N) is 2. The SMILES string of the molecule is CCN(CC1CC1)c1cc(C)nc(C)c1C(=O)O. The van der Waals surface area contributed by atoms with Gasteiger partial charge in [0.05, 0.1) is 11.4 Å².